The minimum atomic E-state index is 0.368. The third-order valence-electron chi connectivity index (χ3n) is 4.66. The molecule has 0 bridgehead atoms. The van der Waals surface area contributed by atoms with Gasteiger partial charge < -0.3 is 5.73 Å². The van der Waals surface area contributed by atoms with Gasteiger partial charge in [-0.1, -0.05) is 67.1 Å². The largest absolute Gasteiger partial charge is 0.328 e. The van der Waals surface area contributed by atoms with Crippen molar-refractivity contribution in [3.63, 3.8) is 0 Å². The molecule has 22 heavy (non-hydrogen) atoms. The molecular formula is C20H26N2. The summed E-state index contributed by atoms with van der Waals surface area (Å²) in [5.74, 6) is 0. The Balaban J connectivity index is 1.75. The predicted molar refractivity (Wildman–Crippen MR) is 92.4 cm³/mol. The average molecular weight is 294 g/mol. The van der Waals surface area contributed by atoms with Crippen molar-refractivity contribution in [2.75, 3.05) is 0 Å². The highest BCUT2D eigenvalue weighted by molar-refractivity contribution is 5.17. The molecule has 2 atom stereocenters. The van der Waals surface area contributed by atoms with Gasteiger partial charge in [0.25, 0.3) is 0 Å². The van der Waals surface area contributed by atoms with Gasteiger partial charge in [-0.15, -0.1) is 0 Å². The molecule has 2 unspecified atom stereocenters. The van der Waals surface area contributed by atoms with E-state index in [-0.39, 0.29) is 0 Å². The number of benzene rings is 2. The number of hydrogen-bond donors (Lipinski definition) is 1. The van der Waals surface area contributed by atoms with Gasteiger partial charge in [0.15, 0.2) is 0 Å². The Labute approximate surface area is 134 Å². The first kappa shape index (κ1) is 15.3. The van der Waals surface area contributed by atoms with E-state index in [9.17, 15) is 0 Å². The number of rotatable bonds is 5. The van der Waals surface area contributed by atoms with Crippen molar-refractivity contribution in [3.8, 4) is 0 Å². The van der Waals surface area contributed by atoms with Crippen molar-refractivity contribution in [1.29, 1.82) is 0 Å². The van der Waals surface area contributed by atoms with E-state index in [0.717, 1.165) is 19.5 Å². The zero-order valence-corrected chi connectivity index (χ0v) is 13.2. The monoisotopic (exact) mass is 294 g/mol. The fourth-order valence-corrected chi connectivity index (χ4v) is 3.48. The van der Waals surface area contributed by atoms with E-state index in [1.807, 2.05) is 0 Å². The van der Waals surface area contributed by atoms with E-state index < -0.39 is 0 Å². The minimum Gasteiger partial charge on any atom is -0.328 e. The van der Waals surface area contributed by atoms with Gasteiger partial charge in [0, 0.05) is 25.2 Å². The Bertz CT molecular complexity index is 511. The van der Waals surface area contributed by atoms with Gasteiger partial charge in [0.05, 0.1) is 0 Å². The van der Waals surface area contributed by atoms with Crippen LogP contribution in [0, 0.1) is 0 Å². The fourth-order valence-electron chi connectivity index (χ4n) is 3.48. The standard InChI is InChI=1S/C20H26N2/c21-19-12-7-13-20(14-19)22(15-17-8-3-1-4-9-17)16-18-10-5-2-6-11-18/h1-6,8-11,19-20H,7,12-16,21H2. The van der Waals surface area contributed by atoms with Crippen molar-refractivity contribution in [2.45, 2.75) is 50.9 Å². The zero-order valence-electron chi connectivity index (χ0n) is 13.2. The molecule has 0 amide bonds. The summed E-state index contributed by atoms with van der Waals surface area (Å²) in [5.41, 5.74) is 9.00. The summed E-state index contributed by atoms with van der Waals surface area (Å²) < 4.78 is 0. The number of nitrogens with zero attached hydrogens (tertiary/aromatic N) is 1. The second kappa shape index (κ2) is 7.57. The molecule has 0 aliphatic heterocycles. The Kier molecular flexibility index (Phi) is 5.25. The van der Waals surface area contributed by atoms with E-state index in [2.05, 4.69) is 65.6 Å². The average Bonchev–Trinajstić information content (AvgIpc) is 2.56. The molecule has 0 radical (unpaired) electrons. The van der Waals surface area contributed by atoms with Gasteiger partial charge in [-0.2, -0.15) is 0 Å². The van der Waals surface area contributed by atoms with Crippen LogP contribution in [0.1, 0.15) is 36.8 Å². The molecule has 0 aromatic heterocycles. The number of nitrogens with two attached hydrogens (primary N) is 1. The third kappa shape index (κ3) is 4.19. The highest BCUT2D eigenvalue weighted by atomic mass is 15.2. The molecule has 1 saturated carbocycles. The molecule has 1 fully saturated rings. The van der Waals surface area contributed by atoms with Crippen molar-refractivity contribution in [2.24, 2.45) is 5.73 Å². The lowest BCUT2D eigenvalue weighted by atomic mass is 9.90. The second-order valence-electron chi connectivity index (χ2n) is 6.46. The van der Waals surface area contributed by atoms with Crippen molar-refractivity contribution in [1.82, 2.24) is 4.90 Å². The normalized spacial score (nSPS) is 21.9. The van der Waals surface area contributed by atoms with Gasteiger partial charge in [0.1, 0.15) is 0 Å². The van der Waals surface area contributed by atoms with Crippen LogP contribution in [-0.4, -0.2) is 17.0 Å². The molecule has 2 aromatic carbocycles. The summed E-state index contributed by atoms with van der Waals surface area (Å²) in [6, 6.07) is 22.5. The molecule has 0 spiro atoms. The zero-order chi connectivity index (χ0) is 15.2. The molecule has 116 valence electrons. The maximum Gasteiger partial charge on any atom is 0.0240 e. The molecule has 0 saturated heterocycles. The summed E-state index contributed by atoms with van der Waals surface area (Å²) in [6.45, 7) is 2.01. The molecule has 2 aromatic rings. The maximum absolute atomic E-state index is 6.22. The molecule has 3 rings (SSSR count). The maximum atomic E-state index is 6.22. The van der Waals surface area contributed by atoms with E-state index in [1.165, 1.54) is 30.4 Å². The van der Waals surface area contributed by atoms with Crippen LogP contribution in [0.3, 0.4) is 0 Å². The topological polar surface area (TPSA) is 29.3 Å². The van der Waals surface area contributed by atoms with Crippen molar-refractivity contribution >= 4 is 0 Å². The first-order chi connectivity index (χ1) is 10.8. The molecule has 0 heterocycles. The molecular weight excluding hydrogens is 268 g/mol. The minimum absolute atomic E-state index is 0.368. The van der Waals surface area contributed by atoms with Gasteiger partial charge in [-0.25, -0.2) is 0 Å². The molecule has 2 nitrogen and oxygen atoms in total. The second-order valence-corrected chi connectivity index (χ2v) is 6.46. The van der Waals surface area contributed by atoms with Gasteiger partial charge in [0.2, 0.25) is 0 Å². The first-order valence-corrected chi connectivity index (χ1v) is 8.39. The van der Waals surface area contributed by atoms with Gasteiger partial charge >= 0.3 is 0 Å². The number of hydrogen-bond acceptors (Lipinski definition) is 2. The SMILES string of the molecule is NC1CCCC(N(Cc2ccccc2)Cc2ccccc2)C1. The molecule has 2 heteroatoms. The molecule has 1 aliphatic carbocycles. The van der Waals surface area contributed by atoms with Crippen LogP contribution in [0.4, 0.5) is 0 Å². The van der Waals surface area contributed by atoms with Gasteiger partial charge in [-0.3, -0.25) is 4.90 Å². The quantitative estimate of drug-likeness (QED) is 0.904. The Morgan fingerprint density at radius 3 is 1.86 bits per heavy atom. The smallest absolute Gasteiger partial charge is 0.0240 e. The van der Waals surface area contributed by atoms with E-state index >= 15 is 0 Å². The van der Waals surface area contributed by atoms with Crippen LogP contribution >= 0.6 is 0 Å². The van der Waals surface area contributed by atoms with Crippen LogP contribution in [0.25, 0.3) is 0 Å². The highest BCUT2D eigenvalue weighted by Gasteiger charge is 2.25. The highest BCUT2D eigenvalue weighted by Crippen LogP contribution is 2.25. The lowest BCUT2D eigenvalue weighted by molar-refractivity contribution is 0.132. The molecule has 1 aliphatic rings. The first-order valence-electron chi connectivity index (χ1n) is 8.39. The van der Waals surface area contributed by atoms with Crippen molar-refractivity contribution < 1.29 is 0 Å². The lowest BCUT2D eigenvalue weighted by Crippen LogP contribution is -2.41. The summed E-state index contributed by atoms with van der Waals surface area (Å²) in [5, 5.41) is 0. The summed E-state index contributed by atoms with van der Waals surface area (Å²) in [4.78, 5) is 2.61. The van der Waals surface area contributed by atoms with E-state index in [0.29, 0.717) is 12.1 Å². The Morgan fingerprint density at radius 2 is 1.36 bits per heavy atom. The van der Waals surface area contributed by atoms with Gasteiger partial charge in [-0.05, 0) is 30.4 Å². The summed E-state index contributed by atoms with van der Waals surface area (Å²) >= 11 is 0. The Morgan fingerprint density at radius 1 is 0.818 bits per heavy atom. The lowest BCUT2D eigenvalue weighted by Gasteiger charge is -2.36. The molecule has 2 N–H and O–H groups in total. The summed E-state index contributed by atoms with van der Waals surface area (Å²) in [7, 11) is 0. The summed E-state index contributed by atoms with van der Waals surface area (Å²) in [6.07, 6.45) is 4.83. The Hall–Kier alpha value is -1.64. The van der Waals surface area contributed by atoms with Crippen molar-refractivity contribution in [3.05, 3.63) is 71.8 Å². The fraction of sp³-hybridized carbons (Fsp3) is 0.400. The van der Waals surface area contributed by atoms with Crippen LogP contribution < -0.4 is 5.73 Å². The van der Waals surface area contributed by atoms with Crippen LogP contribution in [0.2, 0.25) is 0 Å². The third-order valence-corrected chi connectivity index (χ3v) is 4.66. The van der Waals surface area contributed by atoms with Crippen LogP contribution in [-0.2, 0) is 13.1 Å². The van der Waals surface area contributed by atoms with E-state index in [1.54, 1.807) is 0 Å². The van der Waals surface area contributed by atoms with Crippen LogP contribution in [0.15, 0.2) is 60.7 Å². The van der Waals surface area contributed by atoms with E-state index in [4.69, 9.17) is 5.73 Å². The predicted octanol–water partition coefficient (Wildman–Crippen LogP) is 3.96. The van der Waals surface area contributed by atoms with Crippen LogP contribution in [0.5, 0.6) is 0 Å².